The lowest BCUT2D eigenvalue weighted by Gasteiger charge is -2.20. The van der Waals surface area contributed by atoms with Crippen LogP contribution in [0.3, 0.4) is 0 Å². The van der Waals surface area contributed by atoms with E-state index in [4.69, 9.17) is 16.6 Å². The summed E-state index contributed by atoms with van der Waals surface area (Å²) in [7, 11) is 0. The zero-order valence-corrected chi connectivity index (χ0v) is 11.3. The molecule has 0 saturated carbocycles. The zero-order valence-electron chi connectivity index (χ0n) is 10.6. The van der Waals surface area contributed by atoms with Gasteiger partial charge in [-0.15, -0.1) is 11.6 Å². The SMILES string of the molecule is O=C(CCl)Nc1c2c(nc3ccccc13)CCCC2. The molecule has 0 aliphatic heterocycles. The summed E-state index contributed by atoms with van der Waals surface area (Å²) in [6.07, 6.45) is 4.28. The number of para-hydroxylation sites is 1. The molecule has 1 N–H and O–H groups in total. The van der Waals surface area contributed by atoms with E-state index in [2.05, 4.69) is 5.32 Å². The Labute approximate surface area is 117 Å². The second kappa shape index (κ2) is 5.17. The van der Waals surface area contributed by atoms with E-state index >= 15 is 0 Å². The number of hydrogen-bond donors (Lipinski definition) is 1. The number of benzene rings is 1. The van der Waals surface area contributed by atoms with Gasteiger partial charge in [0.15, 0.2) is 0 Å². The molecular formula is C15H15ClN2O. The van der Waals surface area contributed by atoms with Crippen LogP contribution in [0.4, 0.5) is 5.69 Å². The first-order chi connectivity index (χ1) is 9.29. The van der Waals surface area contributed by atoms with Crippen molar-refractivity contribution in [1.29, 1.82) is 0 Å². The number of fused-ring (bicyclic) bond motifs is 2. The van der Waals surface area contributed by atoms with Crippen LogP contribution in [0.5, 0.6) is 0 Å². The number of nitrogens with one attached hydrogen (secondary N) is 1. The third-order valence-corrected chi connectivity index (χ3v) is 3.80. The molecule has 0 unspecified atom stereocenters. The van der Waals surface area contributed by atoms with Crippen molar-refractivity contribution in [3.05, 3.63) is 35.5 Å². The molecule has 0 radical (unpaired) electrons. The van der Waals surface area contributed by atoms with Crippen LogP contribution in [0.25, 0.3) is 10.9 Å². The monoisotopic (exact) mass is 274 g/mol. The van der Waals surface area contributed by atoms with Crippen LogP contribution in [-0.4, -0.2) is 16.8 Å². The quantitative estimate of drug-likeness (QED) is 0.854. The maximum Gasteiger partial charge on any atom is 0.239 e. The van der Waals surface area contributed by atoms with Gasteiger partial charge in [0.25, 0.3) is 0 Å². The number of hydrogen-bond acceptors (Lipinski definition) is 2. The number of carbonyl (C=O) groups excluding carboxylic acids is 1. The molecule has 0 bridgehead atoms. The Morgan fingerprint density at radius 1 is 1.26 bits per heavy atom. The number of aryl methyl sites for hydroxylation is 1. The Kier molecular flexibility index (Phi) is 3.38. The Morgan fingerprint density at radius 3 is 2.89 bits per heavy atom. The molecule has 1 aliphatic carbocycles. The van der Waals surface area contributed by atoms with Crippen LogP contribution in [0.2, 0.25) is 0 Å². The van der Waals surface area contributed by atoms with E-state index in [1.54, 1.807) is 0 Å². The lowest BCUT2D eigenvalue weighted by atomic mass is 9.92. The number of carbonyl (C=O) groups is 1. The van der Waals surface area contributed by atoms with Crippen molar-refractivity contribution < 1.29 is 4.79 Å². The first-order valence-corrected chi connectivity index (χ1v) is 7.09. The normalized spacial score (nSPS) is 14.2. The van der Waals surface area contributed by atoms with Crippen LogP contribution in [0.1, 0.15) is 24.1 Å². The number of amides is 1. The predicted molar refractivity (Wildman–Crippen MR) is 77.7 cm³/mol. The van der Waals surface area contributed by atoms with E-state index < -0.39 is 0 Å². The average molecular weight is 275 g/mol. The lowest BCUT2D eigenvalue weighted by molar-refractivity contribution is -0.113. The molecule has 19 heavy (non-hydrogen) atoms. The predicted octanol–water partition coefficient (Wildman–Crippen LogP) is 3.29. The summed E-state index contributed by atoms with van der Waals surface area (Å²) in [5.74, 6) is -0.184. The van der Waals surface area contributed by atoms with E-state index in [0.717, 1.165) is 41.5 Å². The van der Waals surface area contributed by atoms with Crippen molar-refractivity contribution in [3.63, 3.8) is 0 Å². The molecule has 1 amide bonds. The summed E-state index contributed by atoms with van der Waals surface area (Å²) in [5, 5.41) is 3.95. The fourth-order valence-electron chi connectivity index (χ4n) is 2.69. The summed E-state index contributed by atoms with van der Waals surface area (Å²) in [5.41, 5.74) is 4.15. The Balaban J connectivity index is 2.21. The smallest absolute Gasteiger partial charge is 0.239 e. The molecular weight excluding hydrogens is 260 g/mol. The minimum Gasteiger partial charge on any atom is -0.324 e. The molecule has 2 aromatic rings. The largest absolute Gasteiger partial charge is 0.324 e. The maximum atomic E-state index is 11.6. The number of rotatable bonds is 2. The highest BCUT2D eigenvalue weighted by atomic mass is 35.5. The van der Waals surface area contributed by atoms with Gasteiger partial charge in [-0.05, 0) is 37.3 Å². The zero-order chi connectivity index (χ0) is 13.2. The number of alkyl halides is 1. The van der Waals surface area contributed by atoms with E-state index in [1.807, 2.05) is 24.3 Å². The highest BCUT2D eigenvalue weighted by Crippen LogP contribution is 2.33. The third kappa shape index (κ3) is 2.30. The van der Waals surface area contributed by atoms with Gasteiger partial charge in [-0.25, -0.2) is 0 Å². The number of nitrogens with zero attached hydrogens (tertiary/aromatic N) is 1. The molecule has 0 atom stereocenters. The van der Waals surface area contributed by atoms with Gasteiger partial charge < -0.3 is 5.32 Å². The molecule has 1 aliphatic rings. The fraction of sp³-hybridized carbons (Fsp3) is 0.333. The van der Waals surface area contributed by atoms with Crippen LogP contribution < -0.4 is 5.32 Å². The van der Waals surface area contributed by atoms with Crippen LogP contribution in [-0.2, 0) is 17.6 Å². The van der Waals surface area contributed by atoms with E-state index in [-0.39, 0.29) is 11.8 Å². The standard InChI is InChI=1S/C15H15ClN2O/c16-9-14(19)18-15-10-5-1-3-7-12(10)17-13-8-4-2-6-11(13)15/h1,3,5,7H,2,4,6,8-9H2,(H,17,18,19). The summed E-state index contributed by atoms with van der Waals surface area (Å²) < 4.78 is 0. The van der Waals surface area contributed by atoms with Gasteiger partial charge in [-0.3, -0.25) is 9.78 Å². The lowest BCUT2D eigenvalue weighted by Crippen LogP contribution is -2.17. The van der Waals surface area contributed by atoms with Crippen molar-refractivity contribution in [3.8, 4) is 0 Å². The van der Waals surface area contributed by atoms with E-state index in [1.165, 1.54) is 12.0 Å². The molecule has 0 spiro atoms. The van der Waals surface area contributed by atoms with Crippen LogP contribution in [0.15, 0.2) is 24.3 Å². The van der Waals surface area contributed by atoms with Gasteiger partial charge in [0.2, 0.25) is 5.91 Å². The van der Waals surface area contributed by atoms with Crippen molar-refractivity contribution >= 4 is 34.1 Å². The molecule has 1 aromatic carbocycles. The van der Waals surface area contributed by atoms with Crippen molar-refractivity contribution in [2.45, 2.75) is 25.7 Å². The molecule has 98 valence electrons. The number of anilines is 1. The first kappa shape index (κ1) is 12.4. The molecule has 1 aromatic heterocycles. The van der Waals surface area contributed by atoms with Gasteiger partial charge in [0, 0.05) is 11.1 Å². The maximum absolute atomic E-state index is 11.6. The summed E-state index contributed by atoms with van der Waals surface area (Å²) in [6, 6.07) is 7.93. The fourth-order valence-corrected chi connectivity index (χ4v) is 2.75. The minimum atomic E-state index is -0.161. The Morgan fingerprint density at radius 2 is 2.05 bits per heavy atom. The molecule has 1 heterocycles. The summed E-state index contributed by atoms with van der Waals surface area (Å²) in [4.78, 5) is 16.4. The van der Waals surface area contributed by atoms with Gasteiger partial charge in [0.05, 0.1) is 11.2 Å². The minimum absolute atomic E-state index is 0.0224. The van der Waals surface area contributed by atoms with E-state index in [0.29, 0.717) is 0 Å². The number of aromatic nitrogens is 1. The van der Waals surface area contributed by atoms with Crippen LogP contribution in [0, 0.1) is 0 Å². The Bertz CT molecular complexity index is 639. The number of pyridine rings is 1. The highest BCUT2D eigenvalue weighted by Gasteiger charge is 2.18. The van der Waals surface area contributed by atoms with Gasteiger partial charge in [-0.1, -0.05) is 18.2 Å². The number of halogens is 1. The van der Waals surface area contributed by atoms with Crippen molar-refractivity contribution in [2.24, 2.45) is 0 Å². The Hall–Kier alpha value is -1.61. The topological polar surface area (TPSA) is 42.0 Å². The molecule has 3 rings (SSSR count). The van der Waals surface area contributed by atoms with Crippen molar-refractivity contribution in [1.82, 2.24) is 4.98 Å². The third-order valence-electron chi connectivity index (χ3n) is 3.56. The molecule has 3 nitrogen and oxygen atoms in total. The van der Waals surface area contributed by atoms with Gasteiger partial charge in [-0.2, -0.15) is 0 Å². The molecule has 0 fully saturated rings. The van der Waals surface area contributed by atoms with Gasteiger partial charge >= 0.3 is 0 Å². The molecule has 4 heteroatoms. The average Bonchev–Trinajstić information content (AvgIpc) is 2.46. The highest BCUT2D eigenvalue weighted by molar-refractivity contribution is 6.29. The first-order valence-electron chi connectivity index (χ1n) is 6.56. The van der Waals surface area contributed by atoms with Crippen molar-refractivity contribution in [2.75, 3.05) is 11.2 Å². The second-order valence-corrected chi connectivity index (χ2v) is 5.09. The summed E-state index contributed by atoms with van der Waals surface area (Å²) in [6.45, 7) is 0. The molecule has 0 saturated heterocycles. The summed E-state index contributed by atoms with van der Waals surface area (Å²) >= 11 is 5.61. The van der Waals surface area contributed by atoms with E-state index in [9.17, 15) is 4.79 Å². The van der Waals surface area contributed by atoms with Crippen LogP contribution >= 0.6 is 11.6 Å². The second-order valence-electron chi connectivity index (χ2n) is 4.82. The van der Waals surface area contributed by atoms with Gasteiger partial charge in [0.1, 0.15) is 5.88 Å².